The van der Waals surface area contributed by atoms with Crippen LogP contribution in [0.3, 0.4) is 0 Å². The van der Waals surface area contributed by atoms with Gasteiger partial charge >= 0.3 is 0 Å². The molecule has 2 aromatic carbocycles. The van der Waals surface area contributed by atoms with Gasteiger partial charge in [-0.3, -0.25) is 4.79 Å². The number of carbonyl (C=O) groups excluding carboxylic acids is 1. The van der Waals surface area contributed by atoms with E-state index in [4.69, 9.17) is 14.3 Å². The van der Waals surface area contributed by atoms with Gasteiger partial charge in [0.25, 0.3) is 5.91 Å². The molecular weight excluding hydrogens is 378 g/mol. The standard InChI is InChI=1S/C25H27NO4/c27-16-23-14-15-24(30-23)20-6-10-21(11-7-20)26-25(28)17-29-22-12-8-19(9-13-22)18-4-2-1-3-5-18/h6-15,18,27H,1-5,16-17H2,(H,26,28). The Morgan fingerprint density at radius 2 is 1.70 bits per heavy atom. The molecular formula is C25H27NO4. The molecule has 0 aliphatic heterocycles. The number of furan rings is 1. The second-order valence-electron chi connectivity index (χ2n) is 7.74. The van der Waals surface area contributed by atoms with Gasteiger partial charge in [-0.15, -0.1) is 0 Å². The predicted octanol–water partition coefficient (Wildman–Crippen LogP) is 5.50. The molecule has 0 atom stereocenters. The van der Waals surface area contributed by atoms with E-state index < -0.39 is 0 Å². The molecule has 1 aromatic heterocycles. The molecule has 1 fully saturated rings. The third kappa shape index (κ3) is 5.10. The van der Waals surface area contributed by atoms with Crippen LogP contribution in [0.4, 0.5) is 5.69 Å². The van der Waals surface area contributed by atoms with E-state index in [0.717, 1.165) is 5.56 Å². The van der Waals surface area contributed by atoms with E-state index in [0.29, 0.717) is 28.9 Å². The maximum absolute atomic E-state index is 12.2. The van der Waals surface area contributed by atoms with Crippen molar-refractivity contribution in [2.24, 2.45) is 0 Å². The van der Waals surface area contributed by atoms with Gasteiger partial charge in [0.2, 0.25) is 0 Å². The predicted molar refractivity (Wildman–Crippen MR) is 116 cm³/mol. The van der Waals surface area contributed by atoms with Crippen LogP contribution in [-0.2, 0) is 11.4 Å². The minimum Gasteiger partial charge on any atom is -0.484 e. The normalized spacial score (nSPS) is 14.4. The summed E-state index contributed by atoms with van der Waals surface area (Å²) < 4.78 is 11.2. The fraction of sp³-hybridized carbons (Fsp3) is 0.320. The van der Waals surface area contributed by atoms with Crippen molar-refractivity contribution in [2.45, 2.75) is 44.6 Å². The molecule has 0 radical (unpaired) electrons. The maximum atomic E-state index is 12.2. The molecule has 1 aliphatic rings. The fourth-order valence-corrected chi connectivity index (χ4v) is 3.95. The number of hydrogen-bond acceptors (Lipinski definition) is 4. The van der Waals surface area contributed by atoms with Crippen LogP contribution in [0.5, 0.6) is 5.75 Å². The zero-order chi connectivity index (χ0) is 20.8. The first-order valence-corrected chi connectivity index (χ1v) is 10.5. The molecule has 5 nitrogen and oxygen atoms in total. The lowest BCUT2D eigenvalue weighted by Gasteiger charge is -2.22. The molecule has 2 N–H and O–H groups in total. The van der Waals surface area contributed by atoms with Crippen molar-refractivity contribution < 1.29 is 19.1 Å². The van der Waals surface area contributed by atoms with Gasteiger partial charge < -0.3 is 19.6 Å². The smallest absolute Gasteiger partial charge is 0.262 e. The first kappa shape index (κ1) is 20.2. The number of anilines is 1. The Balaban J connectivity index is 1.27. The largest absolute Gasteiger partial charge is 0.484 e. The van der Waals surface area contributed by atoms with Gasteiger partial charge in [-0.25, -0.2) is 0 Å². The van der Waals surface area contributed by atoms with Crippen LogP contribution < -0.4 is 10.1 Å². The van der Waals surface area contributed by atoms with E-state index in [-0.39, 0.29) is 19.1 Å². The van der Waals surface area contributed by atoms with Gasteiger partial charge in [-0.2, -0.15) is 0 Å². The number of nitrogens with one attached hydrogen (secondary N) is 1. The van der Waals surface area contributed by atoms with Crippen molar-refractivity contribution in [3.8, 4) is 17.1 Å². The van der Waals surface area contributed by atoms with Crippen LogP contribution in [0.25, 0.3) is 11.3 Å². The van der Waals surface area contributed by atoms with Gasteiger partial charge in [0.15, 0.2) is 6.61 Å². The Hall–Kier alpha value is -3.05. The number of aliphatic hydroxyl groups excluding tert-OH is 1. The summed E-state index contributed by atoms with van der Waals surface area (Å²) in [5, 5.41) is 11.9. The number of benzene rings is 2. The molecule has 0 spiro atoms. The van der Waals surface area contributed by atoms with Crippen LogP contribution in [0.15, 0.2) is 65.1 Å². The van der Waals surface area contributed by atoms with Crippen LogP contribution in [0, 0.1) is 0 Å². The lowest BCUT2D eigenvalue weighted by atomic mass is 9.84. The SMILES string of the molecule is O=C(COc1ccc(C2CCCCC2)cc1)Nc1ccc(-c2ccc(CO)o2)cc1. The van der Waals surface area contributed by atoms with Crippen molar-refractivity contribution in [3.63, 3.8) is 0 Å². The van der Waals surface area contributed by atoms with Crippen molar-refractivity contribution in [3.05, 3.63) is 72.0 Å². The number of hydrogen-bond donors (Lipinski definition) is 2. The average molecular weight is 405 g/mol. The highest BCUT2D eigenvalue weighted by Gasteiger charge is 2.15. The summed E-state index contributed by atoms with van der Waals surface area (Å²) in [4.78, 5) is 12.2. The highest BCUT2D eigenvalue weighted by atomic mass is 16.5. The fourth-order valence-electron chi connectivity index (χ4n) is 3.95. The summed E-state index contributed by atoms with van der Waals surface area (Å²) in [6, 6.07) is 19.1. The third-order valence-corrected chi connectivity index (χ3v) is 5.60. The van der Waals surface area contributed by atoms with Gasteiger partial charge in [-0.05, 0) is 72.9 Å². The molecule has 30 heavy (non-hydrogen) atoms. The third-order valence-electron chi connectivity index (χ3n) is 5.60. The van der Waals surface area contributed by atoms with Crippen molar-refractivity contribution >= 4 is 11.6 Å². The van der Waals surface area contributed by atoms with Gasteiger partial charge in [-0.1, -0.05) is 31.4 Å². The molecule has 5 heteroatoms. The van der Waals surface area contributed by atoms with E-state index >= 15 is 0 Å². The minimum atomic E-state index is -0.209. The second-order valence-corrected chi connectivity index (χ2v) is 7.74. The Morgan fingerprint density at radius 1 is 0.967 bits per heavy atom. The summed E-state index contributed by atoms with van der Waals surface area (Å²) in [5.41, 5.74) is 2.94. The van der Waals surface area contributed by atoms with E-state index in [2.05, 4.69) is 17.4 Å². The monoisotopic (exact) mass is 405 g/mol. The quantitative estimate of drug-likeness (QED) is 0.544. The summed E-state index contributed by atoms with van der Waals surface area (Å²) in [6.07, 6.45) is 6.52. The topological polar surface area (TPSA) is 71.7 Å². The van der Waals surface area contributed by atoms with Crippen molar-refractivity contribution in [1.82, 2.24) is 0 Å². The van der Waals surface area contributed by atoms with Crippen LogP contribution in [-0.4, -0.2) is 17.6 Å². The number of amides is 1. The molecule has 0 saturated heterocycles. The molecule has 4 rings (SSSR count). The summed E-state index contributed by atoms with van der Waals surface area (Å²) in [5.74, 6) is 2.36. The van der Waals surface area contributed by atoms with Crippen LogP contribution in [0.1, 0.15) is 49.3 Å². The highest BCUT2D eigenvalue weighted by molar-refractivity contribution is 5.92. The van der Waals surface area contributed by atoms with Crippen molar-refractivity contribution in [1.29, 1.82) is 0 Å². The Bertz CT molecular complexity index is 954. The lowest BCUT2D eigenvalue weighted by Crippen LogP contribution is -2.20. The average Bonchev–Trinajstić information content (AvgIpc) is 3.29. The van der Waals surface area contributed by atoms with E-state index in [1.807, 2.05) is 42.5 Å². The minimum absolute atomic E-state index is 0.0391. The first-order chi connectivity index (χ1) is 14.7. The van der Waals surface area contributed by atoms with Gasteiger partial charge in [0.05, 0.1) is 0 Å². The number of rotatable bonds is 7. The number of aliphatic hydroxyl groups is 1. The first-order valence-electron chi connectivity index (χ1n) is 10.5. The molecule has 1 amide bonds. The second kappa shape index (κ2) is 9.63. The zero-order valence-corrected chi connectivity index (χ0v) is 17.0. The Morgan fingerprint density at radius 3 is 2.37 bits per heavy atom. The summed E-state index contributed by atoms with van der Waals surface area (Å²) in [7, 11) is 0. The van der Waals surface area contributed by atoms with E-state index in [9.17, 15) is 4.79 Å². The number of ether oxygens (including phenoxy) is 1. The van der Waals surface area contributed by atoms with Gasteiger partial charge in [0.1, 0.15) is 23.9 Å². The van der Waals surface area contributed by atoms with Crippen molar-refractivity contribution in [2.75, 3.05) is 11.9 Å². The highest BCUT2D eigenvalue weighted by Crippen LogP contribution is 2.33. The molecule has 3 aromatic rings. The molecule has 0 unspecified atom stereocenters. The Labute approximate surface area is 176 Å². The van der Waals surface area contributed by atoms with E-state index in [1.165, 1.54) is 37.7 Å². The zero-order valence-electron chi connectivity index (χ0n) is 17.0. The Kier molecular flexibility index (Phi) is 6.50. The number of carbonyl (C=O) groups is 1. The molecule has 1 heterocycles. The van der Waals surface area contributed by atoms with E-state index in [1.54, 1.807) is 6.07 Å². The summed E-state index contributed by atoms with van der Waals surface area (Å²) in [6.45, 7) is -0.167. The molecule has 1 saturated carbocycles. The molecule has 156 valence electrons. The van der Waals surface area contributed by atoms with Crippen LogP contribution in [0.2, 0.25) is 0 Å². The lowest BCUT2D eigenvalue weighted by molar-refractivity contribution is -0.118. The summed E-state index contributed by atoms with van der Waals surface area (Å²) >= 11 is 0. The maximum Gasteiger partial charge on any atom is 0.262 e. The van der Waals surface area contributed by atoms with Gasteiger partial charge in [0, 0.05) is 11.3 Å². The van der Waals surface area contributed by atoms with Crippen LogP contribution >= 0.6 is 0 Å². The molecule has 0 bridgehead atoms. The molecule has 1 aliphatic carbocycles.